The lowest BCUT2D eigenvalue weighted by Crippen LogP contribution is -2.19. The quantitative estimate of drug-likeness (QED) is 0.833. The molecule has 1 aromatic rings. The fourth-order valence-electron chi connectivity index (χ4n) is 1.44. The molecular weight excluding hydrogens is 238 g/mol. The maximum absolute atomic E-state index is 10.7. The Bertz CT molecular complexity index is 384. The summed E-state index contributed by atoms with van der Waals surface area (Å²) in [4.78, 5) is 14.7. The first kappa shape index (κ1) is 14.2. The average molecular weight is 255 g/mol. The van der Waals surface area contributed by atoms with Crippen LogP contribution in [-0.2, 0) is 4.79 Å². The summed E-state index contributed by atoms with van der Waals surface area (Å²) in [5.41, 5.74) is 1.54. The molecule has 0 saturated heterocycles. The van der Waals surface area contributed by atoms with Crippen LogP contribution >= 0.6 is 11.8 Å². The molecule has 1 rings (SSSR count). The number of aryl methyl sites for hydroxylation is 1. The molecule has 17 heavy (non-hydrogen) atoms. The number of carbonyl (C=O) groups excluding carboxylic acids is 1. The molecule has 94 valence electrons. The topological polar surface area (TPSA) is 70.4 Å². The Morgan fingerprint density at radius 3 is 2.76 bits per heavy atom. The van der Waals surface area contributed by atoms with Crippen molar-refractivity contribution in [2.24, 2.45) is 0 Å². The molecular formula is C12H17NO3S. The molecule has 0 radical (unpaired) electrons. The van der Waals surface area contributed by atoms with Gasteiger partial charge in [0.2, 0.25) is 0 Å². The Labute approximate surface area is 105 Å². The second-order valence-electron chi connectivity index (χ2n) is 3.94. The van der Waals surface area contributed by atoms with Crippen LogP contribution in [-0.4, -0.2) is 32.2 Å². The first-order chi connectivity index (χ1) is 8.00. The zero-order valence-corrected chi connectivity index (χ0v) is 10.8. The summed E-state index contributed by atoms with van der Waals surface area (Å²) < 4.78 is 0. The molecule has 2 N–H and O–H groups in total. The number of aliphatic hydroxyl groups excluding tert-OH is 2. The highest BCUT2D eigenvalue weighted by Crippen LogP contribution is 2.20. The van der Waals surface area contributed by atoms with Crippen LogP contribution in [0.4, 0.5) is 0 Å². The van der Waals surface area contributed by atoms with Crippen LogP contribution in [0.25, 0.3) is 0 Å². The molecule has 0 aliphatic heterocycles. The van der Waals surface area contributed by atoms with Crippen LogP contribution in [0, 0.1) is 6.92 Å². The van der Waals surface area contributed by atoms with Gasteiger partial charge in [-0.15, -0.1) is 0 Å². The minimum atomic E-state index is -0.949. The van der Waals surface area contributed by atoms with Gasteiger partial charge >= 0.3 is 0 Å². The van der Waals surface area contributed by atoms with Crippen molar-refractivity contribution < 1.29 is 15.0 Å². The average Bonchev–Trinajstić information content (AvgIpc) is 2.27. The molecule has 0 spiro atoms. The third-order valence-corrected chi connectivity index (χ3v) is 3.17. The largest absolute Gasteiger partial charge is 0.390 e. The molecule has 0 aromatic carbocycles. The predicted octanol–water partition coefficient (Wildman–Crippen LogP) is 1.45. The van der Waals surface area contributed by atoms with Crippen molar-refractivity contribution in [3.8, 4) is 0 Å². The zero-order chi connectivity index (χ0) is 12.8. The van der Waals surface area contributed by atoms with Gasteiger partial charge in [0.25, 0.3) is 0 Å². The van der Waals surface area contributed by atoms with Crippen LogP contribution in [0.2, 0.25) is 0 Å². The smallest absolute Gasteiger partial charge is 0.185 e. The number of pyridine rings is 1. The monoisotopic (exact) mass is 255 g/mol. The van der Waals surface area contributed by atoms with Crippen LogP contribution in [0.15, 0.2) is 18.5 Å². The Kier molecular flexibility index (Phi) is 5.61. The molecule has 2 unspecified atom stereocenters. The molecule has 0 fully saturated rings. The van der Waals surface area contributed by atoms with Gasteiger partial charge in [0.1, 0.15) is 6.10 Å². The lowest BCUT2D eigenvalue weighted by atomic mass is 10.0. The summed E-state index contributed by atoms with van der Waals surface area (Å²) in [5.74, 6) is 0.507. The van der Waals surface area contributed by atoms with E-state index in [9.17, 15) is 15.0 Å². The molecule has 0 aliphatic rings. The van der Waals surface area contributed by atoms with E-state index in [1.807, 2.05) is 6.92 Å². The van der Waals surface area contributed by atoms with Gasteiger partial charge in [0, 0.05) is 30.6 Å². The number of hydrogen-bond donors (Lipinski definition) is 2. The van der Waals surface area contributed by atoms with Crippen molar-refractivity contribution in [2.45, 2.75) is 32.5 Å². The summed E-state index contributed by atoms with van der Waals surface area (Å²) in [6.45, 7) is 3.36. The van der Waals surface area contributed by atoms with Crippen LogP contribution < -0.4 is 0 Å². The zero-order valence-electron chi connectivity index (χ0n) is 9.96. The maximum atomic E-state index is 10.7. The number of carbonyl (C=O) groups is 1. The minimum Gasteiger partial charge on any atom is -0.390 e. The van der Waals surface area contributed by atoms with Crippen LogP contribution in [0.5, 0.6) is 0 Å². The molecule has 1 heterocycles. The van der Waals surface area contributed by atoms with Gasteiger partial charge in [-0.25, -0.2) is 0 Å². The Hall–Kier alpha value is -0.910. The standard InChI is InChI=1S/C12H17NO3S/c1-8-5-10(7-13-6-8)12(16)11(15)3-4-17-9(2)14/h5-7,11-12,15-16H,3-4H2,1-2H3. The molecule has 4 nitrogen and oxygen atoms in total. The Balaban J connectivity index is 2.51. The van der Waals surface area contributed by atoms with E-state index < -0.39 is 12.2 Å². The predicted molar refractivity (Wildman–Crippen MR) is 67.7 cm³/mol. The molecule has 0 amide bonds. The molecule has 0 saturated carbocycles. The third kappa shape index (κ3) is 4.85. The minimum absolute atomic E-state index is 0.0175. The normalized spacial score (nSPS) is 14.4. The van der Waals surface area contributed by atoms with Gasteiger partial charge in [-0.05, 0) is 18.9 Å². The summed E-state index contributed by atoms with van der Waals surface area (Å²) in [7, 11) is 0. The van der Waals surface area contributed by atoms with E-state index in [1.165, 1.54) is 6.92 Å². The first-order valence-electron chi connectivity index (χ1n) is 5.41. The number of rotatable bonds is 5. The summed E-state index contributed by atoms with van der Waals surface area (Å²) >= 11 is 1.15. The number of nitrogens with zero attached hydrogens (tertiary/aromatic N) is 1. The number of hydrogen-bond acceptors (Lipinski definition) is 5. The van der Waals surface area contributed by atoms with Crippen molar-refractivity contribution in [1.82, 2.24) is 4.98 Å². The molecule has 0 bridgehead atoms. The van der Waals surface area contributed by atoms with Crippen molar-refractivity contribution in [3.05, 3.63) is 29.6 Å². The lowest BCUT2D eigenvalue weighted by Gasteiger charge is -2.17. The highest BCUT2D eigenvalue weighted by molar-refractivity contribution is 8.13. The summed E-state index contributed by atoms with van der Waals surface area (Å²) in [6.07, 6.45) is 1.78. The maximum Gasteiger partial charge on any atom is 0.185 e. The van der Waals surface area contributed by atoms with E-state index in [1.54, 1.807) is 18.5 Å². The highest BCUT2D eigenvalue weighted by atomic mass is 32.2. The van der Waals surface area contributed by atoms with Crippen molar-refractivity contribution >= 4 is 16.9 Å². The summed E-state index contributed by atoms with van der Waals surface area (Å²) in [5, 5.41) is 19.7. The van der Waals surface area contributed by atoms with Crippen molar-refractivity contribution in [1.29, 1.82) is 0 Å². The highest BCUT2D eigenvalue weighted by Gasteiger charge is 2.18. The fraction of sp³-hybridized carbons (Fsp3) is 0.500. The molecule has 2 atom stereocenters. The molecule has 5 heteroatoms. The van der Waals surface area contributed by atoms with Gasteiger partial charge in [0.15, 0.2) is 5.12 Å². The fourth-order valence-corrected chi connectivity index (χ4v) is 2.09. The first-order valence-corrected chi connectivity index (χ1v) is 6.40. The van der Waals surface area contributed by atoms with Gasteiger partial charge in [-0.2, -0.15) is 0 Å². The van der Waals surface area contributed by atoms with Crippen molar-refractivity contribution in [3.63, 3.8) is 0 Å². The van der Waals surface area contributed by atoms with Crippen LogP contribution in [0.3, 0.4) is 0 Å². The van der Waals surface area contributed by atoms with Gasteiger partial charge in [-0.3, -0.25) is 9.78 Å². The van der Waals surface area contributed by atoms with Gasteiger partial charge in [-0.1, -0.05) is 17.8 Å². The van der Waals surface area contributed by atoms with E-state index >= 15 is 0 Å². The second kappa shape index (κ2) is 6.74. The molecule has 1 aromatic heterocycles. The third-order valence-electron chi connectivity index (χ3n) is 2.32. The van der Waals surface area contributed by atoms with E-state index in [0.29, 0.717) is 17.7 Å². The summed E-state index contributed by atoms with van der Waals surface area (Å²) in [6, 6.07) is 1.79. The molecule has 0 aliphatic carbocycles. The number of thioether (sulfide) groups is 1. The number of aliphatic hydroxyl groups is 2. The van der Waals surface area contributed by atoms with E-state index in [2.05, 4.69) is 4.98 Å². The second-order valence-corrected chi connectivity index (χ2v) is 5.21. The Morgan fingerprint density at radius 2 is 2.18 bits per heavy atom. The van der Waals surface area contributed by atoms with E-state index in [-0.39, 0.29) is 5.12 Å². The number of aromatic nitrogens is 1. The SMILES string of the molecule is CC(=O)SCCC(O)C(O)c1cncc(C)c1. The van der Waals surface area contributed by atoms with Crippen LogP contribution in [0.1, 0.15) is 30.6 Å². The Morgan fingerprint density at radius 1 is 1.47 bits per heavy atom. The van der Waals surface area contributed by atoms with Gasteiger partial charge in [0.05, 0.1) is 6.10 Å². The van der Waals surface area contributed by atoms with E-state index in [4.69, 9.17) is 0 Å². The van der Waals surface area contributed by atoms with Gasteiger partial charge < -0.3 is 10.2 Å². The van der Waals surface area contributed by atoms with E-state index in [0.717, 1.165) is 17.3 Å². The van der Waals surface area contributed by atoms with Crippen molar-refractivity contribution in [2.75, 3.05) is 5.75 Å². The lowest BCUT2D eigenvalue weighted by molar-refractivity contribution is -0.109.